The van der Waals surface area contributed by atoms with Gasteiger partial charge in [-0.2, -0.15) is 0 Å². The molecule has 2 aliphatic carbocycles. The molecule has 0 atom stereocenters. The van der Waals surface area contributed by atoms with E-state index in [0.29, 0.717) is 10.3 Å². The van der Waals surface area contributed by atoms with E-state index in [2.05, 4.69) is 9.97 Å². The van der Waals surface area contributed by atoms with Gasteiger partial charge in [-0.25, -0.2) is 9.97 Å². The molecule has 0 aromatic heterocycles. The molecule has 0 saturated carbocycles. The third-order valence-electron chi connectivity index (χ3n) is 3.67. The van der Waals surface area contributed by atoms with Gasteiger partial charge < -0.3 is 0 Å². The first-order valence-corrected chi connectivity index (χ1v) is 7.60. The van der Waals surface area contributed by atoms with Crippen LogP contribution in [0.3, 0.4) is 0 Å². The summed E-state index contributed by atoms with van der Waals surface area (Å²) in [5.41, 5.74) is 5.31. The lowest BCUT2D eigenvalue weighted by molar-refractivity contribution is 1.41. The molecule has 2 heterocycles. The molecule has 2 nitrogen and oxygen atoms in total. The number of halogens is 2. The van der Waals surface area contributed by atoms with Gasteiger partial charge in [-0.3, -0.25) is 0 Å². The lowest BCUT2D eigenvalue weighted by atomic mass is 10.0. The molecule has 2 aliphatic heterocycles. The fraction of sp³-hybridized carbons (Fsp3) is 0. The van der Waals surface area contributed by atoms with Crippen molar-refractivity contribution >= 4 is 23.2 Å². The molecule has 0 radical (unpaired) electrons. The van der Waals surface area contributed by atoms with Crippen LogP contribution in [0, 0.1) is 0 Å². The van der Waals surface area contributed by atoms with Gasteiger partial charge >= 0.3 is 0 Å². The van der Waals surface area contributed by atoms with Crippen molar-refractivity contribution in [3.63, 3.8) is 0 Å². The van der Waals surface area contributed by atoms with Crippen molar-refractivity contribution in [3.05, 3.63) is 71.0 Å². The topological polar surface area (TPSA) is 25.8 Å². The molecule has 4 heteroatoms. The summed E-state index contributed by atoms with van der Waals surface area (Å²) in [6.07, 6.45) is 0. The molecule has 0 saturated heterocycles. The monoisotopic (exact) mass is 324 g/mol. The van der Waals surface area contributed by atoms with Gasteiger partial charge in [0.15, 0.2) is 0 Å². The van der Waals surface area contributed by atoms with Gasteiger partial charge in [0.1, 0.15) is 10.3 Å². The van der Waals surface area contributed by atoms with Crippen LogP contribution in [-0.2, 0) is 0 Å². The predicted octanol–water partition coefficient (Wildman–Crippen LogP) is 5.66. The van der Waals surface area contributed by atoms with Crippen molar-refractivity contribution in [3.8, 4) is 33.6 Å². The first-order chi connectivity index (χ1) is 10.8. The largest absolute Gasteiger partial charge is 0.235 e. The Balaban J connectivity index is 2.08. The highest BCUT2D eigenvalue weighted by atomic mass is 35.5. The molecule has 4 rings (SSSR count). The highest BCUT2D eigenvalue weighted by molar-refractivity contribution is 6.37. The third kappa shape index (κ3) is 2.04. The van der Waals surface area contributed by atoms with E-state index >= 15 is 0 Å². The zero-order valence-electron chi connectivity index (χ0n) is 11.4. The van der Waals surface area contributed by atoms with Crippen molar-refractivity contribution in [2.75, 3.05) is 0 Å². The van der Waals surface area contributed by atoms with Crippen LogP contribution in [0.4, 0.5) is 0 Å². The van der Waals surface area contributed by atoms with Gasteiger partial charge in [-0.15, -0.1) is 0 Å². The van der Waals surface area contributed by atoms with Gasteiger partial charge in [0.05, 0.1) is 11.4 Å². The second-order valence-corrected chi connectivity index (χ2v) is 5.69. The quantitative estimate of drug-likeness (QED) is 0.451. The second kappa shape index (κ2) is 5.24. The Bertz CT molecular complexity index is 844. The Morgan fingerprint density at radius 1 is 0.545 bits per heavy atom. The maximum absolute atomic E-state index is 6.41. The first-order valence-electron chi connectivity index (χ1n) is 6.84. The summed E-state index contributed by atoms with van der Waals surface area (Å²) < 4.78 is 0. The van der Waals surface area contributed by atoms with E-state index < -0.39 is 0 Å². The van der Waals surface area contributed by atoms with Crippen molar-refractivity contribution in [1.82, 2.24) is 9.97 Å². The van der Waals surface area contributed by atoms with Crippen molar-refractivity contribution < 1.29 is 0 Å². The maximum Gasteiger partial charge on any atom is 0.138 e. The zero-order chi connectivity index (χ0) is 15.1. The van der Waals surface area contributed by atoms with E-state index in [1.165, 1.54) is 0 Å². The third-order valence-corrected chi connectivity index (χ3v) is 4.22. The Labute approximate surface area is 138 Å². The van der Waals surface area contributed by atoms with Gasteiger partial charge in [0.25, 0.3) is 0 Å². The highest BCUT2D eigenvalue weighted by Crippen LogP contribution is 2.46. The van der Waals surface area contributed by atoms with Gasteiger partial charge in [0.2, 0.25) is 0 Å². The molecule has 0 amide bonds. The number of hydrogen-bond donors (Lipinski definition) is 0. The Morgan fingerprint density at radius 2 is 0.955 bits per heavy atom. The molecule has 0 aromatic rings. The average Bonchev–Trinajstić information content (AvgIpc) is 2.78. The summed E-state index contributed by atoms with van der Waals surface area (Å²) in [7, 11) is 0. The number of fused-ring (bicyclic) bond motifs is 2. The van der Waals surface area contributed by atoms with Crippen LogP contribution in [-0.4, -0.2) is 9.97 Å². The van der Waals surface area contributed by atoms with Gasteiger partial charge in [0, 0.05) is 22.3 Å². The van der Waals surface area contributed by atoms with Gasteiger partial charge in [-0.05, 0) is 12.1 Å². The first kappa shape index (κ1) is 13.5. The molecular weight excluding hydrogens is 315 g/mol. The van der Waals surface area contributed by atoms with E-state index in [1.54, 1.807) is 0 Å². The minimum Gasteiger partial charge on any atom is -0.235 e. The molecule has 0 spiro atoms. The van der Waals surface area contributed by atoms with Crippen LogP contribution in [0.1, 0.15) is 0 Å². The maximum atomic E-state index is 6.41. The van der Waals surface area contributed by atoms with Crippen LogP contribution < -0.4 is 0 Å². The van der Waals surface area contributed by atoms with E-state index in [0.717, 1.165) is 33.6 Å². The second-order valence-electron chi connectivity index (χ2n) is 4.97. The molecule has 0 N–H and O–H groups in total. The Kier molecular flexibility index (Phi) is 3.21. The predicted molar refractivity (Wildman–Crippen MR) is 90.7 cm³/mol. The number of hydrogen-bond acceptors (Lipinski definition) is 2. The molecule has 0 fully saturated rings. The average molecular weight is 325 g/mol. The molecule has 0 bridgehead atoms. The van der Waals surface area contributed by atoms with Crippen LogP contribution >= 0.6 is 23.2 Å². The van der Waals surface area contributed by atoms with Crippen LogP contribution in [0.2, 0.25) is 10.3 Å². The molecule has 4 aliphatic rings. The number of rotatable bonds is 1. The summed E-state index contributed by atoms with van der Waals surface area (Å²) in [5, 5.41) is 0.896. The summed E-state index contributed by atoms with van der Waals surface area (Å²) in [5.74, 6) is 0. The van der Waals surface area contributed by atoms with E-state index in [4.69, 9.17) is 23.2 Å². The van der Waals surface area contributed by atoms with E-state index in [-0.39, 0.29) is 0 Å². The van der Waals surface area contributed by atoms with Crippen LogP contribution in [0.5, 0.6) is 0 Å². The lowest BCUT2D eigenvalue weighted by Crippen LogP contribution is -1.79. The van der Waals surface area contributed by atoms with Crippen molar-refractivity contribution in [2.24, 2.45) is 0 Å². The van der Waals surface area contributed by atoms with Crippen LogP contribution in [0.15, 0.2) is 60.7 Å². The van der Waals surface area contributed by atoms with Crippen LogP contribution in [0.25, 0.3) is 33.6 Å². The normalized spacial score (nSPS) is 11.2. The highest BCUT2D eigenvalue weighted by Gasteiger charge is 2.25. The summed E-state index contributed by atoms with van der Waals surface area (Å²) in [4.78, 5) is 8.90. The van der Waals surface area contributed by atoms with E-state index in [9.17, 15) is 0 Å². The van der Waals surface area contributed by atoms with E-state index in [1.807, 2.05) is 60.7 Å². The summed E-state index contributed by atoms with van der Waals surface area (Å²) in [6.45, 7) is 0. The minimum absolute atomic E-state index is 0.448. The molecule has 0 aromatic carbocycles. The van der Waals surface area contributed by atoms with Gasteiger partial charge in [-0.1, -0.05) is 71.7 Å². The Hall–Kier alpha value is -2.16. The van der Waals surface area contributed by atoms with Crippen molar-refractivity contribution in [1.29, 1.82) is 0 Å². The number of nitrogens with zero attached hydrogens (tertiary/aromatic N) is 2. The molecule has 0 unspecified atom stereocenters. The van der Waals surface area contributed by atoms with Crippen molar-refractivity contribution in [2.45, 2.75) is 0 Å². The summed E-state index contributed by atoms with van der Waals surface area (Å²) >= 11 is 12.8. The number of aromatic nitrogens is 2. The lowest BCUT2D eigenvalue weighted by Gasteiger charge is -2.02. The molecular formula is C18H10Cl2N2. The fourth-order valence-electron chi connectivity index (χ4n) is 2.71. The summed E-state index contributed by atoms with van der Waals surface area (Å²) in [6, 6.07) is 19.6. The fourth-order valence-corrected chi connectivity index (χ4v) is 3.29. The zero-order valence-corrected chi connectivity index (χ0v) is 12.9. The molecule has 22 heavy (non-hydrogen) atoms. The standard InChI is InChI=1S/C18H10Cl2N2/c19-17-15(11-7-3-1-5-9-13(11)21-17)16-12-8-4-2-6-10-14(12)22-18(16)20/h1-10H. The smallest absolute Gasteiger partial charge is 0.138 e. The molecule has 106 valence electrons. The minimum atomic E-state index is 0.448. The Morgan fingerprint density at radius 3 is 1.41 bits per heavy atom. The SMILES string of the molecule is Clc1nc2cccccc-2c1-c1c2cccccc-2nc1Cl.